The highest BCUT2D eigenvalue weighted by atomic mass is 16.5. The summed E-state index contributed by atoms with van der Waals surface area (Å²) >= 11 is 0. The number of ether oxygens (including phenoxy) is 1. The predicted molar refractivity (Wildman–Crippen MR) is 74.3 cm³/mol. The number of hydrogen-bond acceptors (Lipinski definition) is 4. The van der Waals surface area contributed by atoms with Crippen molar-refractivity contribution in [3.05, 3.63) is 47.7 Å². The van der Waals surface area contributed by atoms with Gasteiger partial charge in [0, 0.05) is 0 Å². The minimum Gasteiger partial charge on any atom is -0.444 e. The second-order valence-corrected chi connectivity index (χ2v) is 4.58. The first kappa shape index (κ1) is 15.7. The number of nitrogens with one attached hydrogen (secondary N) is 1. The molecule has 0 saturated heterocycles. The molecule has 1 amide bonds. The van der Waals surface area contributed by atoms with Gasteiger partial charge in [0.25, 0.3) is 0 Å². The van der Waals surface area contributed by atoms with E-state index >= 15 is 0 Å². The summed E-state index contributed by atoms with van der Waals surface area (Å²) in [6.07, 6.45) is -0.464. The van der Waals surface area contributed by atoms with Crippen molar-refractivity contribution in [3.8, 4) is 6.07 Å². The van der Waals surface area contributed by atoms with Gasteiger partial charge in [0.05, 0.1) is 5.70 Å². The predicted octanol–water partition coefficient (Wildman–Crippen LogP) is 2.34. The van der Waals surface area contributed by atoms with Crippen LogP contribution in [0.3, 0.4) is 0 Å². The lowest BCUT2D eigenvalue weighted by atomic mass is 10.1. The normalized spacial score (nSPS) is 12.7. The van der Waals surface area contributed by atoms with E-state index in [9.17, 15) is 9.90 Å². The number of allylic oxidation sites excluding steroid dienone is 1. The fourth-order valence-corrected chi connectivity index (χ4v) is 1.51. The summed E-state index contributed by atoms with van der Waals surface area (Å²) in [6, 6.07) is 10.9. The van der Waals surface area contributed by atoms with E-state index in [-0.39, 0.29) is 18.2 Å². The first-order valence-corrected chi connectivity index (χ1v) is 6.30. The van der Waals surface area contributed by atoms with Gasteiger partial charge < -0.3 is 9.84 Å². The second kappa shape index (κ2) is 7.97. The van der Waals surface area contributed by atoms with Crippen molar-refractivity contribution in [2.75, 3.05) is 0 Å². The van der Waals surface area contributed by atoms with Crippen molar-refractivity contribution in [2.24, 2.45) is 5.92 Å². The topological polar surface area (TPSA) is 82.3 Å². The van der Waals surface area contributed by atoms with Crippen LogP contribution in [0.4, 0.5) is 4.79 Å². The van der Waals surface area contributed by atoms with E-state index in [0.717, 1.165) is 5.56 Å². The Bertz CT molecular complexity index is 504. The molecule has 1 aromatic carbocycles. The molecule has 0 bridgehead atoms. The minimum absolute atomic E-state index is 0.0856. The number of carbonyl (C=O) groups is 1. The Labute approximate surface area is 118 Å². The molecular weight excluding hydrogens is 256 g/mol. The summed E-state index contributed by atoms with van der Waals surface area (Å²) < 4.78 is 5.02. The quantitative estimate of drug-likeness (QED) is 0.807. The van der Waals surface area contributed by atoms with Crippen LogP contribution in [0.5, 0.6) is 0 Å². The van der Waals surface area contributed by atoms with Crippen molar-refractivity contribution < 1.29 is 14.6 Å². The molecule has 106 valence electrons. The van der Waals surface area contributed by atoms with Gasteiger partial charge in [0.2, 0.25) is 0 Å². The van der Waals surface area contributed by atoms with Crippen LogP contribution in [0.15, 0.2) is 42.1 Å². The van der Waals surface area contributed by atoms with Crippen LogP contribution in [0.1, 0.15) is 19.4 Å². The van der Waals surface area contributed by atoms with Crippen molar-refractivity contribution in [3.63, 3.8) is 0 Å². The second-order valence-electron chi connectivity index (χ2n) is 4.58. The van der Waals surface area contributed by atoms with Crippen molar-refractivity contribution >= 4 is 6.09 Å². The van der Waals surface area contributed by atoms with Crippen molar-refractivity contribution in [1.82, 2.24) is 5.32 Å². The van der Waals surface area contributed by atoms with Crippen LogP contribution >= 0.6 is 0 Å². The van der Waals surface area contributed by atoms with Crippen LogP contribution in [0, 0.1) is 17.2 Å². The Balaban J connectivity index is 2.57. The number of amides is 1. The van der Waals surface area contributed by atoms with E-state index in [1.54, 1.807) is 12.1 Å². The van der Waals surface area contributed by atoms with Gasteiger partial charge in [-0.2, -0.15) is 5.26 Å². The number of aliphatic hydroxyl groups is 1. The number of hydrogen-bond donors (Lipinski definition) is 2. The van der Waals surface area contributed by atoms with Gasteiger partial charge in [-0.15, -0.1) is 0 Å². The van der Waals surface area contributed by atoms with Crippen LogP contribution < -0.4 is 5.32 Å². The van der Waals surface area contributed by atoms with E-state index in [1.165, 1.54) is 0 Å². The lowest BCUT2D eigenvalue weighted by molar-refractivity contribution is 0.139. The van der Waals surface area contributed by atoms with Crippen LogP contribution in [-0.4, -0.2) is 17.3 Å². The molecule has 20 heavy (non-hydrogen) atoms. The Kier molecular flexibility index (Phi) is 6.27. The summed E-state index contributed by atoms with van der Waals surface area (Å²) in [5.41, 5.74) is 0.999. The largest absolute Gasteiger partial charge is 0.444 e. The molecule has 1 atom stereocenters. The molecule has 0 radical (unpaired) electrons. The third-order valence-corrected chi connectivity index (χ3v) is 2.39. The lowest BCUT2D eigenvalue weighted by Crippen LogP contribution is -2.30. The third kappa shape index (κ3) is 5.55. The van der Waals surface area contributed by atoms with E-state index in [1.807, 2.05) is 44.2 Å². The van der Waals surface area contributed by atoms with E-state index in [2.05, 4.69) is 5.32 Å². The first-order valence-electron chi connectivity index (χ1n) is 6.30. The first-order chi connectivity index (χ1) is 9.52. The highest BCUT2D eigenvalue weighted by Crippen LogP contribution is 2.06. The number of carbonyl (C=O) groups excluding carboxylic acids is 1. The van der Waals surface area contributed by atoms with Gasteiger partial charge in [-0.05, 0) is 11.5 Å². The Morgan fingerprint density at radius 1 is 1.45 bits per heavy atom. The molecule has 0 aliphatic heterocycles. The molecule has 1 rings (SSSR count). The number of benzene rings is 1. The van der Waals surface area contributed by atoms with E-state index < -0.39 is 12.2 Å². The van der Waals surface area contributed by atoms with Gasteiger partial charge in [0.15, 0.2) is 6.10 Å². The number of nitrogens with zero attached hydrogens (tertiary/aromatic N) is 1. The summed E-state index contributed by atoms with van der Waals surface area (Å²) in [6.45, 7) is 3.88. The molecule has 0 saturated carbocycles. The standard InChI is InChI=1S/C15H18N2O3/c1-11(2)8-13(14(18)9-16)17-15(19)20-10-12-6-4-3-5-7-12/h3-8,11,14,18H,10H2,1-2H3,(H,17,19)/b13-8-. The summed E-state index contributed by atoms with van der Waals surface area (Å²) in [5, 5.41) is 20.6. The highest BCUT2D eigenvalue weighted by molar-refractivity contribution is 5.70. The molecule has 0 heterocycles. The Morgan fingerprint density at radius 3 is 2.65 bits per heavy atom. The van der Waals surface area contributed by atoms with Crippen LogP contribution in [0.2, 0.25) is 0 Å². The van der Waals surface area contributed by atoms with Gasteiger partial charge in [0.1, 0.15) is 12.7 Å². The van der Waals surface area contributed by atoms with Crippen molar-refractivity contribution in [1.29, 1.82) is 5.26 Å². The Hall–Kier alpha value is -2.32. The summed E-state index contributed by atoms with van der Waals surface area (Å²) in [5.74, 6) is 0.0856. The SMILES string of the molecule is CC(C)/C=C(\NC(=O)OCc1ccccc1)C(O)C#N. The smallest absolute Gasteiger partial charge is 0.411 e. The maximum atomic E-state index is 11.6. The van der Waals surface area contributed by atoms with Crippen molar-refractivity contribution in [2.45, 2.75) is 26.6 Å². The zero-order valence-corrected chi connectivity index (χ0v) is 11.5. The molecule has 5 heteroatoms. The van der Waals surface area contributed by atoms with Gasteiger partial charge in [-0.1, -0.05) is 50.3 Å². The maximum absolute atomic E-state index is 11.6. The van der Waals surface area contributed by atoms with Gasteiger partial charge >= 0.3 is 6.09 Å². The average Bonchev–Trinajstić information content (AvgIpc) is 2.44. The molecule has 0 aliphatic carbocycles. The molecule has 0 spiro atoms. The summed E-state index contributed by atoms with van der Waals surface area (Å²) in [7, 11) is 0. The van der Waals surface area contributed by atoms with E-state index in [0.29, 0.717) is 0 Å². The van der Waals surface area contributed by atoms with Gasteiger partial charge in [-0.3, -0.25) is 5.32 Å². The van der Waals surface area contributed by atoms with Crippen LogP contribution in [-0.2, 0) is 11.3 Å². The van der Waals surface area contributed by atoms with Gasteiger partial charge in [-0.25, -0.2) is 4.79 Å². The molecule has 2 N–H and O–H groups in total. The molecule has 0 fully saturated rings. The van der Waals surface area contributed by atoms with E-state index in [4.69, 9.17) is 10.00 Å². The fourth-order valence-electron chi connectivity index (χ4n) is 1.51. The highest BCUT2D eigenvalue weighted by Gasteiger charge is 2.14. The molecular formula is C15H18N2O3. The molecule has 0 aliphatic rings. The van der Waals surface area contributed by atoms with Crippen LogP contribution in [0.25, 0.3) is 0 Å². The Morgan fingerprint density at radius 2 is 2.10 bits per heavy atom. The summed E-state index contributed by atoms with van der Waals surface area (Å²) in [4.78, 5) is 11.6. The zero-order valence-electron chi connectivity index (χ0n) is 11.5. The molecule has 1 aromatic rings. The molecule has 0 aromatic heterocycles. The molecule has 5 nitrogen and oxygen atoms in total. The average molecular weight is 274 g/mol. The number of aliphatic hydroxyl groups excluding tert-OH is 1. The molecule has 1 unspecified atom stereocenters. The number of nitriles is 1. The maximum Gasteiger partial charge on any atom is 0.411 e. The lowest BCUT2D eigenvalue weighted by Gasteiger charge is -2.12. The number of rotatable bonds is 5. The fraction of sp³-hybridized carbons (Fsp3) is 0.333. The monoisotopic (exact) mass is 274 g/mol. The third-order valence-electron chi connectivity index (χ3n) is 2.39. The zero-order chi connectivity index (χ0) is 15.0. The minimum atomic E-state index is -1.37. The number of alkyl carbamates (subject to hydrolysis) is 1.